The number of hydrogen-bond donors (Lipinski definition) is 2. The van der Waals surface area contributed by atoms with Gasteiger partial charge in [-0.2, -0.15) is 0 Å². The standard InChI is InChI=1S/C25H48O6.Na/c1-3-4-5-6-7-8-9-10-11-12-13-14-15-16-17-18-19-20-21(2)31-25(30)23(27)22(26)24(28)29;/h21-23,26-27H,3-20H2,1-2H3,(H,28,29);/q;+1/p-1. The number of rotatable bonds is 22. The molecular formula is C25H47NaO6. The van der Waals surface area contributed by atoms with Crippen LogP contribution in [-0.2, 0) is 14.3 Å². The SMILES string of the molecule is CCCCCCCCCCCCCCCCCCCC(C)OC(=O)C(O)C(O)C(=O)[O-].[Na+]. The van der Waals surface area contributed by atoms with Gasteiger partial charge in [0, 0.05) is 0 Å². The van der Waals surface area contributed by atoms with Gasteiger partial charge in [0.05, 0.1) is 12.1 Å². The summed E-state index contributed by atoms with van der Waals surface area (Å²) in [5, 5.41) is 28.9. The molecule has 0 heterocycles. The molecule has 0 saturated heterocycles. The summed E-state index contributed by atoms with van der Waals surface area (Å²) in [5.74, 6) is -3.03. The Kier molecular flexibility index (Phi) is 25.5. The number of aliphatic hydroxyl groups is 2. The molecule has 32 heavy (non-hydrogen) atoms. The molecule has 0 aliphatic heterocycles. The van der Waals surface area contributed by atoms with Gasteiger partial charge in [0.25, 0.3) is 0 Å². The van der Waals surface area contributed by atoms with Gasteiger partial charge in [-0.05, 0) is 19.8 Å². The molecule has 0 saturated carbocycles. The van der Waals surface area contributed by atoms with Crippen LogP contribution in [0.2, 0.25) is 0 Å². The molecule has 7 heteroatoms. The van der Waals surface area contributed by atoms with E-state index in [0.717, 1.165) is 19.3 Å². The molecule has 0 aromatic heterocycles. The van der Waals surface area contributed by atoms with E-state index in [1.165, 1.54) is 89.9 Å². The minimum absolute atomic E-state index is 0. The van der Waals surface area contributed by atoms with Crippen molar-refractivity contribution in [1.82, 2.24) is 0 Å². The van der Waals surface area contributed by atoms with E-state index in [9.17, 15) is 19.8 Å². The third-order valence-corrected chi connectivity index (χ3v) is 5.81. The summed E-state index contributed by atoms with van der Waals surface area (Å²) < 4.78 is 4.97. The predicted octanol–water partition coefficient (Wildman–Crippen LogP) is 1.44. The van der Waals surface area contributed by atoms with Crippen LogP contribution in [-0.4, -0.2) is 40.5 Å². The van der Waals surface area contributed by atoms with Crippen molar-refractivity contribution >= 4 is 11.9 Å². The van der Waals surface area contributed by atoms with Gasteiger partial charge in [0.1, 0.15) is 6.10 Å². The van der Waals surface area contributed by atoms with E-state index in [0.29, 0.717) is 6.42 Å². The first kappa shape index (κ1) is 34.0. The Labute approximate surface area is 218 Å². The number of carboxylic acids is 1. The first-order valence-electron chi connectivity index (χ1n) is 12.7. The molecule has 3 atom stereocenters. The first-order chi connectivity index (χ1) is 14.9. The van der Waals surface area contributed by atoms with Gasteiger partial charge >= 0.3 is 35.5 Å². The Hall–Kier alpha value is -0.140. The molecule has 0 aliphatic carbocycles. The molecule has 2 N–H and O–H groups in total. The van der Waals surface area contributed by atoms with E-state index < -0.39 is 30.3 Å². The number of hydrogen-bond acceptors (Lipinski definition) is 6. The van der Waals surface area contributed by atoms with Crippen molar-refractivity contribution in [1.29, 1.82) is 0 Å². The first-order valence-corrected chi connectivity index (χ1v) is 12.7. The number of carboxylic acid groups (broad SMARTS) is 1. The molecule has 0 radical (unpaired) electrons. The molecule has 0 bridgehead atoms. The van der Waals surface area contributed by atoms with Crippen molar-refractivity contribution in [3.05, 3.63) is 0 Å². The largest absolute Gasteiger partial charge is 1.00 e. The van der Waals surface area contributed by atoms with E-state index in [4.69, 9.17) is 9.84 Å². The van der Waals surface area contributed by atoms with Gasteiger partial charge in [0.2, 0.25) is 0 Å². The van der Waals surface area contributed by atoms with Crippen LogP contribution in [0.4, 0.5) is 0 Å². The van der Waals surface area contributed by atoms with Gasteiger partial charge < -0.3 is 24.9 Å². The predicted molar refractivity (Wildman–Crippen MR) is 121 cm³/mol. The van der Waals surface area contributed by atoms with Gasteiger partial charge in [-0.3, -0.25) is 0 Å². The van der Waals surface area contributed by atoms with E-state index in [1.54, 1.807) is 6.92 Å². The Balaban J connectivity index is 0. The second-order valence-corrected chi connectivity index (χ2v) is 8.90. The molecule has 0 spiro atoms. The number of carbonyl (C=O) groups excluding carboxylic acids is 2. The number of unbranched alkanes of at least 4 members (excludes halogenated alkanes) is 16. The van der Waals surface area contributed by atoms with Crippen LogP contribution in [0.1, 0.15) is 129 Å². The molecule has 0 amide bonds. The third-order valence-electron chi connectivity index (χ3n) is 5.81. The van der Waals surface area contributed by atoms with Crippen molar-refractivity contribution < 1.29 is 59.2 Å². The summed E-state index contributed by atoms with van der Waals surface area (Å²) in [6.07, 6.45) is 18.0. The number of aliphatic carboxylic acids is 1. The Morgan fingerprint density at radius 3 is 1.38 bits per heavy atom. The van der Waals surface area contributed by atoms with Gasteiger partial charge in [0.15, 0.2) is 6.10 Å². The number of esters is 1. The summed E-state index contributed by atoms with van der Waals surface area (Å²) in [4.78, 5) is 22.0. The van der Waals surface area contributed by atoms with E-state index in [1.807, 2.05) is 0 Å². The normalized spacial score (nSPS) is 13.8. The van der Waals surface area contributed by atoms with Crippen LogP contribution in [0.3, 0.4) is 0 Å². The maximum absolute atomic E-state index is 11.6. The average molecular weight is 467 g/mol. The zero-order chi connectivity index (χ0) is 23.3. The van der Waals surface area contributed by atoms with E-state index in [-0.39, 0.29) is 29.6 Å². The van der Waals surface area contributed by atoms with Gasteiger partial charge in [-0.15, -0.1) is 0 Å². The summed E-state index contributed by atoms with van der Waals surface area (Å²) in [7, 11) is 0. The fourth-order valence-corrected chi connectivity index (χ4v) is 3.74. The monoisotopic (exact) mass is 466 g/mol. The van der Waals surface area contributed by atoms with Crippen molar-refractivity contribution in [3.8, 4) is 0 Å². The molecule has 0 aliphatic rings. The molecule has 0 fully saturated rings. The summed E-state index contributed by atoms with van der Waals surface area (Å²) in [6, 6.07) is 0. The average Bonchev–Trinajstić information content (AvgIpc) is 2.74. The van der Waals surface area contributed by atoms with E-state index >= 15 is 0 Å². The fourth-order valence-electron chi connectivity index (χ4n) is 3.74. The minimum atomic E-state index is -2.26. The summed E-state index contributed by atoms with van der Waals surface area (Å²) in [5.41, 5.74) is 0. The molecule has 0 aromatic carbocycles. The maximum atomic E-state index is 11.6. The van der Waals surface area contributed by atoms with Crippen LogP contribution >= 0.6 is 0 Å². The smallest absolute Gasteiger partial charge is 0.547 e. The molecule has 0 aromatic rings. The summed E-state index contributed by atoms with van der Waals surface area (Å²) >= 11 is 0. The maximum Gasteiger partial charge on any atom is 1.00 e. The Morgan fingerprint density at radius 1 is 0.688 bits per heavy atom. The quantitative estimate of drug-likeness (QED) is 0.142. The molecule has 184 valence electrons. The second-order valence-electron chi connectivity index (χ2n) is 8.90. The molecule has 6 nitrogen and oxygen atoms in total. The van der Waals surface area contributed by atoms with Crippen molar-refractivity contribution in [2.24, 2.45) is 0 Å². The second kappa shape index (κ2) is 24.0. The summed E-state index contributed by atoms with van der Waals surface area (Å²) in [6.45, 7) is 3.96. The fraction of sp³-hybridized carbons (Fsp3) is 0.920. The Bertz CT molecular complexity index is 446. The Morgan fingerprint density at radius 2 is 1.03 bits per heavy atom. The van der Waals surface area contributed by atoms with Crippen LogP contribution in [0.25, 0.3) is 0 Å². The van der Waals surface area contributed by atoms with Crippen LogP contribution in [0.15, 0.2) is 0 Å². The molecule has 0 rings (SSSR count). The topological polar surface area (TPSA) is 107 Å². The van der Waals surface area contributed by atoms with Gasteiger partial charge in [-0.25, -0.2) is 4.79 Å². The van der Waals surface area contributed by atoms with Crippen molar-refractivity contribution in [2.45, 2.75) is 148 Å². The molecular weight excluding hydrogens is 419 g/mol. The number of carbonyl (C=O) groups is 2. The van der Waals surface area contributed by atoms with Crippen LogP contribution in [0.5, 0.6) is 0 Å². The minimum Gasteiger partial charge on any atom is -0.547 e. The van der Waals surface area contributed by atoms with Gasteiger partial charge in [-0.1, -0.05) is 110 Å². The molecule has 3 unspecified atom stereocenters. The van der Waals surface area contributed by atoms with Crippen LogP contribution < -0.4 is 34.7 Å². The van der Waals surface area contributed by atoms with E-state index in [2.05, 4.69) is 6.92 Å². The van der Waals surface area contributed by atoms with Crippen LogP contribution in [0, 0.1) is 0 Å². The number of ether oxygens (including phenoxy) is 1. The third kappa shape index (κ3) is 20.5. The zero-order valence-electron chi connectivity index (χ0n) is 21.0. The van der Waals surface area contributed by atoms with Crippen molar-refractivity contribution in [2.75, 3.05) is 0 Å². The zero-order valence-corrected chi connectivity index (χ0v) is 23.0. The van der Waals surface area contributed by atoms with Crippen molar-refractivity contribution in [3.63, 3.8) is 0 Å². The number of aliphatic hydroxyl groups excluding tert-OH is 2.